The third kappa shape index (κ3) is 3.67. The summed E-state index contributed by atoms with van der Waals surface area (Å²) in [7, 11) is -4.63. The molecule has 0 aromatic heterocycles. The van der Waals surface area contributed by atoms with Gasteiger partial charge in [-0.25, -0.2) is 15.9 Å². The number of rotatable bonds is 5. The number of hydrogen-bond donors (Lipinski definition) is 3. The Labute approximate surface area is 173 Å². The second-order valence-corrected chi connectivity index (χ2v) is 8.85. The Kier molecular flexibility index (Phi) is 5.18. The summed E-state index contributed by atoms with van der Waals surface area (Å²) in [6, 6.07) is 10.7. The number of hydrogen-bond acceptors (Lipinski definition) is 7. The first kappa shape index (κ1) is 21.5. The molecule has 12 heteroatoms. The molecule has 0 saturated carbocycles. The number of hydrazine groups is 2. The Morgan fingerprint density at radius 1 is 1.20 bits per heavy atom. The number of nitrogens with two attached hydrogens (primary N) is 1. The van der Waals surface area contributed by atoms with E-state index in [1.165, 1.54) is 21.1 Å². The topological polar surface area (TPSA) is 157 Å². The molecule has 4 N–H and O–H groups in total. The Morgan fingerprint density at radius 2 is 1.80 bits per heavy atom. The SMILES string of the molecule is Cc1ccc(CN2C(=N)N(N)C(C)(C)N2c2ccc(S(=O)(=O)O)cc2[N+](=O)[O-])cc1. The first-order valence-corrected chi connectivity index (χ1v) is 10.3. The number of anilines is 1. The van der Waals surface area contributed by atoms with Crippen molar-refractivity contribution in [2.45, 2.75) is 37.9 Å². The molecule has 1 heterocycles. The van der Waals surface area contributed by atoms with Gasteiger partial charge in [0.05, 0.1) is 11.5 Å². The Hall–Kier alpha value is -3.22. The van der Waals surface area contributed by atoms with Crippen LogP contribution in [0, 0.1) is 22.4 Å². The van der Waals surface area contributed by atoms with E-state index in [2.05, 4.69) is 0 Å². The standard InChI is InChI=1S/C18H22N6O5S/c1-12-4-6-13(7-5-12)11-21-17(19)22(20)18(2,3)23(21)15-9-8-14(30(27,28)29)10-16(15)24(25)26/h4-10,19H,11,20H2,1-3H3,(H,27,28,29). The van der Waals surface area contributed by atoms with Crippen molar-refractivity contribution >= 4 is 27.5 Å². The molecule has 0 bridgehead atoms. The van der Waals surface area contributed by atoms with Gasteiger partial charge in [-0.1, -0.05) is 29.8 Å². The van der Waals surface area contributed by atoms with Crippen LogP contribution in [0.25, 0.3) is 0 Å². The van der Waals surface area contributed by atoms with Gasteiger partial charge in [-0.3, -0.25) is 25.1 Å². The molecule has 1 aliphatic heterocycles. The molecular weight excluding hydrogens is 412 g/mol. The van der Waals surface area contributed by atoms with Crippen molar-refractivity contribution < 1.29 is 17.9 Å². The number of nitro groups is 1. The molecule has 1 saturated heterocycles. The van der Waals surface area contributed by atoms with Crippen molar-refractivity contribution in [1.82, 2.24) is 10.0 Å². The highest BCUT2D eigenvalue weighted by Crippen LogP contribution is 2.40. The van der Waals surface area contributed by atoms with Crippen molar-refractivity contribution in [3.05, 3.63) is 63.7 Å². The molecule has 30 heavy (non-hydrogen) atoms. The van der Waals surface area contributed by atoms with Crippen LogP contribution in [0.15, 0.2) is 47.4 Å². The summed E-state index contributed by atoms with van der Waals surface area (Å²) in [4.78, 5) is 10.4. The predicted molar refractivity (Wildman–Crippen MR) is 110 cm³/mol. The van der Waals surface area contributed by atoms with E-state index < -0.39 is 31.3 Å². The number of aryl methyl sites for hydroxylation is 1. The monoisotopic (exact) mass is 434 g/mol. The largest absolute Gasteiger partial charge is 0.295 e. The van der Waals surface area contributed by atoms with Crippen LogP contribution < -0.4 is 10.9 Å². The van der Waals surface area contributed by atoms with Crippen molar-refractivity contribution in [1.29, 1.82) is 5.41 Å². The van der Waals surface area contributed by atoms with Gasteiger partial charge < -0.3 is 0 Å². The maximum atomic E-state index is 11.7. The summed E-state index contributed by atoms with van der Waals surface area (Å²) < 4.78 is 32.2. The summed E-state index contributed by atoms with van der Waals surface area (Å²) in [6.45, 7) is 5.50. The molecule has 0 aliphatic carbocycles. The van der Waals surface area contributed by atoms with Gasteiger partial charge in [0.15, 0.2) is 0 Å². The van der Waals surface area contributed by atoms with Gasteiger partial charge in [0, 0.05) is 6.07 Å². The third-order valence-electron chi connectivity index (χ3n) is 4.94. The van der Waals surface area contributed by atoms with Crippen molar-refractivity contribution in [3.8, 4) is 0 Å². The third-order valence-corrected chi connectivity index (χ3v) is 5.79. The first-order chi connectivity index (χ1) is 13.8. The minimum absolute atomic E-state index is 0.0298. The van der Waals surface area contributed by atoms with Crippen LogP contribution in [0.4, 0.5) is 11.4 Å². The van der Waals surface area contributed by atoms with E-state index in [4.69, 9.17) is 11.3 Å². The van der Waals surface area contributed by atoms with Crippen molar-refractivity contribution in [2.75, 3.05) is 5.01 Å². The van der Waals surface area contributed by atoms with E-state index in [9.17, 15) is 23.1 Å². The normalized spacial score (nSPS) is 16.3. The van der Waals surface area contributed by atoms with Crippen molar-refractivity contribution in [2.24, 2.45) is 5.84 Å². The Bertz CT molecular complexity index is 1120. The summed E-state index contributed by atoms with van der Waals surface area (Å²) in [5.74, 6) is 6.01. The number of guanidine groups is 1. The maximum Gasteiger partial charge on any atom is 0.295 e. The van der Waals surface area contributed by atoms with Crippen LogP contribution in [0.2, 0.25) is 0 Å². The van der Waals surface area contributed by atoms with E-state index in [0.717, 1.165) is 23.3 Å². The molecule has 0 amide bonds. The number of nitro benzene ring substituents is 1. The molecule has 0 atom stereocenters. The quantitative estimate of drug-likeness (QED) is 0.278. The lowest BCUT2D eigenvalue weighted by atomic mass is 10.1. The van der Waals surface area contributed by atoms with Gasteiger partial charge in [-0.2, -0.15) is 8.42 Å². The fourth-order valence-corrected chi connectivity index (χ4v) is 3.80. The molecule has 0 unspecified atom stereocenters. The summed E-state index contributed by atoms with van der Waals surface area (Å²) in [5, 5.41) is 24.3. The van der Waals surface area contributed by atoms with Gasteiger partial charge in [0.1, 0.15) is 16.2 Å². The fourth-order valence-electron chi connectivity index (χ4n) is 3.30. The zero-order valence-electron chi connectivity index (χ0n) is 16.6. The van der Waals surface area contributed by atoms with Gasteiger partial charge in [0.2, 0.25) is 5.96 Å². The van der Waals surface area contributed by atoms with Gasteiger partial charge in [-0.05, 0) is 38.5 Å². The fraction of sp³-hybridized carbons (Fsp3) is 0.278. The number of nitrogens with one attached hydrogen (secondary N) is 1. The smallest absolute Gasteiger partial charge is 0.282 e. The second-order valence-electron chi connectivity index (χ2n) is 7.43. The lowest BCUT2D eigenvalue weighted by molar-refractivity contribution is -0.384. The Morgan fingerprint density at radius 3 is 2.33 bits per heavy atom. The minimum Gasteiger partial charge on any atom is -0.282 e. The maximum absolute atomic E-state index is 11.7. The molecular formula is C18H22N6O5S. The molecule has 3 rings (SSSR count). The van der Waals surface area contributed by atoms with Gasteiger partial charge >= 0.3 is 0 Å². The first-order valence-electron chi connectivity index (χ1n) is 8.86. The molecule has 2 aromatic rings. The zero-order valence-corrected chi connectivity index (χ0v) is 17.4. The highest BCUT2D eigenvalue weighted by Gasteiger charge is 2.49. The average Bonchev–Trinajstić information content (AvgIpc) is 2.82. The van der Waals surface area contributed by atoms with Crippen LogP contribution in [-0.4, -0.2) is 39.5 Å². The second kappa shape index (κ2) is 7.23. The molecule has 1 fully saturated rings. The van der Waals surface area contributed by atoms with E-state index in [0.29, 0.717) is 0 Å². The van der Waals surface area contributed by atoms with Crippen LogP contribution in [-0.2, 0) is 16.7 Å². The number of benzene rings is 2. The number of nitrogens with zero attached hydrogens (tertiary/aromatic N) is 4. The Balaban J connectivity index is 2.15. The average molecular weight is 434 g/mol. The summed E-state index contributed by atoms with van der Waals surface area (Å²) in [6.07, 6.45) is 0. The summed E-state index contributed by atoms with van der Waals surface area (Å²) in [5.41, 5.74) is 0.312. The minimum atomic E-state index is -4.63. The van der Waals surface area contributed by atoms with Crippen LogP contribution in [0.3, 0.4) is 0 Å². The molecule has 11 nitrogen and oxygen atoms in total. The molecule has 2 aromatic carbocycles. The summed E-state index contributed by atoms with van der Waals surface area (Å²) >= 11 is 0. The van der Waals surface area contributed by atoms with E-state index in [-0.39, 0.29) is 18.2 Å². The van der Waals surface area contributed by atoms with Gasteiger partial charge in [0.25, 0.3) is 15.8 Å². The van der Waals surface area contributed by atoms with E-state index in [1.54, 1.807) is 13.8 Å². The van der Waals surface area contributed by atoms with E-state index in [1.807, 2.05) is 31.2 Å². The molecule has 160 valence electrons. The predicted octanol–water partition coefficient (Wildman–Crippen LogP) is 2.23. The van der Waals surface area contributed by atoms with Crippen LogP contribution >= 0.6 is 0 Å². The van der Waals surface area contributed by atoms with Crippen LogP contribution in [0.5, 0.6) is 0 Å². The lowest BCUT2D eigenvalue weighted by Crippen LogP contribution is -2.53. The van der Waals surface area contributed by atoms with Gasteiger partial charge in [-0.15, -0.1) is 0 Å². The molecule has 0 spiro atoms. The van der Waals surface area contributed by atoms with Crippen molar-refractivity contribution in [3.63, 3.8) is 0 Å². The van der Waals surface area contributed by atoms with E-state index >= 15 is 0 Å². The molecule has 1 aliphatic rings. The van der Waals surface area contributed by atoms with Crippen LogP contribution in [0.1, 0.15) is 25.0 Å². The molecule has 0 radical (unpaired) electrons. The highest BCUT2D eigenvalue weighted by molar-refractivity contribution is 7.85. The zero-order chi connectivity index (χ0) is 22.4. The lowest BCUT2D eigenvalue weighted by Gasteiger charge is -2.38. The highest BCUT2D eigenvalue weighted by atomic mass is 32.2.